The zero-order chi connectivity index (χ0) is 22.0. The highest BCUT2D eigenvalue weighted by atomic mass is 32.2. The molecule has 31 heavy (non-hydrogen) atoms. The number of hydrogen-bond donors (Lipinski definition) is 0. The predicted molar refractivity (Wildman–Crippen MR) is 123 cm³/mol. The molecule has 0 unspecified atom stereocenters. The van der Waals surface area contributed by atoms with Crippen LogP contribution in [0.1, 0.15) is 49.6 Å². The van der Waals surface area contributed by atoms with Crippen molar-refractivity contribution < 1.29 is 9.53 Å². The third-order valence-corrected chi connectivity index (χ3v) is 6.32. The van der Waals surface area contributed by atoms with Crippen molar-refractivity contribution in [2.75, 3.05) is 10.7 Å². The van der Waals surface area contributed by atoms with Crippen LogP contribution in [0.25, 0.3) is 11.3 Å². The maximum Gasteiger partial charge on any atom is 0.247 e. The van der Waals surface area contributed by atoms with E-state index in [1.54, 1.807) is 23.6 Å². The van der Waals surface area contributed by atoms with Gasteiger partial charge in [-0.3, -0.25) is 9.69 Å². The molecule has 0 saturated carbocycles. The molecule has 160 valence electrons. The van der Waals surface area contributed by atoms with Gasteiger partial charge in [-0.25, -0.2) is 0 Å². The highest BCUT2D eigenvalue weighted by Gasteiger charge is 2.34. The molecule has 0 bridgehead atoms. The lowest BCUT2D eigenvalue weighted by Crippen LogP contribution is -2.36. The first-order chi connectivity index (χ1) is 15.0. The van der Waals surface area contributed by atoms with E-state index in [1.807, 2.05) is 36.4 Å². The minimum Gasteiger partial charge on any atom is -0.447 e. The maximum atomic E-state index is 12.8. The number of amides is 1. The number of aromatic nitrogens is 3. The predicted octanol–water partition coefficient (Wildman–Crippen LogP) is 5.49. The van der Waals surface area contributed by atoms with E-state index in [1.165, 1.54) is 5.56 Å². The van der Waals surface area contributed by atoms with Crippen LogP contribution < -0.4 is 9.64 Å². The quantitative estimate of drug-likeness (QED) is 0.391. The van der Waals surface area contributed by atoms with Gasteiger partial charge < -0.3 is 4.74 Å². The van der Waals surface area contributed by atoms with Gasteiger partial charge in [-0.05, 0) is 37.5 Å². The lowest BCUT2D eigenvalue weighted by atomic mass is 10.0. The van der Waals surface area contributed by atoms with E-state index in [2.05, 4.69) is 42.0 Å². The number of rotatable bonds is 5. The zero-order valence-electron chi connectivity index (χ0n) is 18.3. The number of para-hydroxylation sites is 1. The van der Waals surface area contributed by atoms with E-state index in [4.69, 9.17) is 4.74 Å². The second-order valence-electron chi connectivity index (χ2n) is 7.67. The number of fused-ring (bicyclic) bond motifs is 3. The monoisotopic (exact) mass is 434 g/mol. The minimum absolute atomic E-state index is 0.117. The van der Waals surface area contributed by atoms with E-state index >= 15 is 0 Å². The Kier molecular flexibility index (Phi) is 6.23. The largest absolute Gasteiger partial charge is 0.447 e. The first kappa shape index (κ1) is 21.3. The maximum absolute atomic E-state index is 12.8. The van der Waals surface area contributed by atoms with Gasteiger partial charge in [-0.1, -0.05) is 61.5 Å². The van der Waals surface area contributed by atoms with Gasteiger partial charge in [0.25, 0.3) is 0 Å². The summed E-state index contributed by atoms with van der Waals surface area (Å²) in [5.41, 5.74) is 5.28. The third kappa shape index (κ3) is 4.28. The summed E-state index contributed by atoms with van der Waals surface area (Å²) in [7, 11) is 0. The number of carbonyl (C=O) groups excluding carboxylic acids is 1. The number of ether oxygens (including phenoxy) is 1. The molecule has 0 aliphatic carbocycles. The first-order valence-corrected chi connectivity index (χ1v) is 11.5. The van der Waals surface area contributed by atoms with E-state index < -0.39 is 6.23 Å². The Morgan fingerprint density at radius 1 is 1.13 bits per heavy atom. The average Bonchev–Trinajstić information content (AvgIpc) is 2.90. The highest BCUT2D eigenvalue weighted by Crippen LogP contribution is 2.43. The molecule has 6 nitrogen and oxygen atoms in total. The lowest BCUT2D eigenvalue weighted by Gasteiger charge is -2.30. The lowest BCUT2D eigenvalue weighted by molar-refractivity contribution is -0.118. The molecule has 2 aromatic carbocycles. The van der Waals surface area contributed by atoms with Crippen LogP contribution in [0.4, 0.5) is 5.69 Å². The van der Waals surface area contributed by atoms with Crippen LogP contribution in [0.5, 0.6) is 5.88 Å². The molecule has 0 saturated heterocycles. The summed E-state index contributed by atoms with van der Waals surface area (Å²) in [5.74, 6) is 1.20. The number of unbranched alkanes of at least 4 members (excludes halogenated alkanes) is 1. The van der Waals surface area contributed by atoms with Crippen LogP contribution in [0.15, 0.2) is 47.6 Å². The molecule has 1 aliphatic heterocycles. The van der Waals surface area contributed by atoms with Crippen LogP contribution in [0.2, 0.25) is 0 Å². The number of benzene rings is 2. The number of hydrogen-bond acceptors (Lipinski definition) is 6. The Morgan fingerprint density at radius 3 is 2.68 bits per heavy atom. The molecule has 7 heteroatoms. The van der Waals surface area contributed by atoms with Crippen LogP contribution in [-0.2, 0) is 4.79 Å². The molecule has 1 atom stereocenters. The van der Waals surface area contributed by atoms with E-state index in [0.717, 1.165) is 41.0 Å². The molecule has 0 N–H and O–H groups in total. The number of nitrogens with zero attached hydrogens (tertiary/aromatic N) is 4. The van der Waals surface area contributed by atoms with Gasteiger partial charge in [0.15, 0.2) is 5.69 Å². The summed E-state index contributed by atoms with van der Waals surface area (Å²) in [5, 5.41) is 9.36. The molecule has 0 radical (unpaired) electrons. The number of anilines is 1. The fourth-order valence-corrected chi connectivity index (χ4v) is 4.42. The second-order valence-corrected chi connectivity index (χ2v) is 8.73. The standard InChI is InChI=1S/C24H26N4O2S/c1-5-6-13-31-24-25-22-21(26-27-24)19-9-7-8-10-20(19)28(17(4)29)23(30-22)18-12-11-15(2)16(3)14-18/h7-12,14,23H,5-6,13H2,1-4H3/t23-/m0/s1. The van der Waals surface area contributed by atoms with Crippen molar-refractivity contribution >= 4 is 23.4 Å². The fourth-order valence-electron chi connectivity index (χ4n) is 3.56. The molecule has 4 rings (SSSR count). The fraction of sp³-hybridized carbons (Fsp3) is 0.333. The molecule has 0 spiro atoms. The third-order valence-electron chi connectivity index (χ3n) is 5.40. The zero-order valence-corrected chi connectivity index (χ0v) is 19.1. The summed E-state index contributed by atoms with van der Waals surface area (Å²) in [6.45, 7) is 7.83. The molecule has 2 heterocycles. The Bertz CT molecular complexity index is 1120. The van der Waals surface area contributed by atoms with Crippen molar-refractivity contribution in [1.82, 2.24) is 15.2 Å². The normalized spacial score (nSPS) is 15.0. The highest BCUT2D eigenvalue weighted by molar-refractivity contribution is 7.99. The summed E-state index contributed by atoms with van der Waals surface area (Å²) in [6, 6.07) is 13.8. The van der Waals surface area contributed by atoms with E-state index in [0.29, 0.717) is 16.7 Å². The van der Waals surface area contributed by atoms with E-state index in [9.17, 15) is 4.79 Å². The summed E-state index contributed by atoms with van der Waals surface area (Å²) in [6.07, 6.45) is 1.54. The Balaban J connectivity index is 1.86. The second kappa shape index (κ2) is 9.06. The average molecular weight is 435 g/mol. The van der Waals surface area contributed by atoms with Crippen LogP contribution >= 0.6 is 11.8 Å². The van der Waals surface area contributed by atoms with Gasteiger partial charge >= 0.3 is 0 Å². The Hall–Kier alpha value is -2.93. The first-order valence-electron chi connectivity index (χ1n) is 10.5. The SMILES string of the molecule is CCCCSc1nnc2c(n1)O[C@@H](c1ccc(C)c(C)c1)N(C(C)=O)c1ccccc1-2. The van der Waals surface area contributed by atoms with Gasteiger partial charge in [0, 0.05) is 23.8 Å². The van der Waals surface area contributed by atoms with Gasteiger partial charge in [-0.15, -0.1) is 10.2 Å². The topological polar surface area (TPSA) is 68.2 Å². The molecular weight excluding hydrogens is 408 g/mol. The Labute approximate surface area is 187 Å². The van der Waals surface area contributed by atoms with Crippen molar-refractivity contribution in [3.8, 4) is 17.1 Å². The molecule has 0 fully saturated rings. The Morgan fingerprint density at radius 2 is 1.94 bits per heavy atom. The van der Waals surface area contributed by atoms with Crippen molar-refractivity contribution in [2.45, 2.75) is 51.9 Å². The summed E-state index contributed by atoms with van der Waals surface area (Å²) in [4.78, 5) is 19.2. The van der Waals surface area contributed by atoms with Gasteiger partial charge in [-0.2, -0.15) is 4.98 Å². The molecule has 1 aliphatic rings. The molecule has 1 aromatic heterocycles. The van der Waals surface area contributed by atoms with Crippen molar-refractivity contribution in [1.29, 1.82) is 0 Å². The van der Waals surface area contributed by atoms with E-state index in [-0.39, 0.29) is 5.91 Å². The molecular formula is C24H26N4O2S. The van der Waals surface area contributed by atoms with Crippen molar-refractivity contribution in [3.05, 3.63) is 59.2 Å². The number of thioether (sulfide) groups is 1. The van der Waals surface area contributed by atoms with Crippen molar-refractivity contribution in [3.63, 3.8) is 0 Å². The minimum atomic E-state index is -0.649. The molecule has 3 aromatic rings. The summed E-state index contributed by atoms with van der Waals surface area (Å²) < 4.78 is 6.42. The van der Waals surface area contributed by atoms with Crippen LogP contribution in [-0.4, -0.2) is 26.8 Å². The number of aryl methyl sites for hydroxylation is 2. The van der Waals surface area contributed by atoms with Gasteiger partial charge in [0.2, 0.25) is 23.2 Å². The van der Waals surface area contributed by atoms with Crippen LogP contribution in [0.3, 0.4) is 0 Å². The molecule has 1 amide bonds. The smallest absolute Gasteiger partial charge is 0.247 e. The number of carbonyl (C=O) groups is 1. The van der Waals surface area contributed by atoms with Crippen LogP contribution in [0, 0.1) is 13.8 Å². The van der Waals surface area contributed by atoms with Crippen molar-refractivity contribution in [2.24, 2.45) is 0 Å². The summed E-state index contributed by atoms with van der Waals surface area (Å²) >= 11 is 1.57. The van der Waals surface area contributed by atoms with Gasteiger partial charge in [0.1, 0.15) is 0 Å². The van der Waals surface area contributed by atoms with Gasteiger partial charge in [0.05, 0.1) is 5.69 Å².